The molecule has 0 saturated heterocycles. The maximum atomic E-state index is 11.0. The summed E-state index contributed by atoms with van der Waals surface area (Å²) in [6.07, 6.45) is 3.15. The normalized spacial score (nSPS) is 11.4. The van der Waals surface area contributed by atoms with Gasteiger partial charge in [-0.1, -0.05) is 31.4 Å². The smallest absolute Gasteiger partial charge is 0.334 e. The van der Waals surface area contributed by atoms with Gasteiger partial charge in [0.05, 0.1) is 6.61 Å². The molecule has 0 radical (unpaired) electrons. The second kappa shape index (κ2) is 7.17. The van der Waals surface area contributed by atoms with Gasteiger partial charge in [0.15, 0.2) is 0 Å². The number of halogens is 1. The predicted molar refractivity (Wildman–Crippen MR) is 50.1 cm³/mol. The molecule has 0 aromatic heterocycles. The van der Waals surface area contributed by atoms with Crippen LogP contribution in [0.3, 0.4) is 0 Å². The minimum absolute atomic E-state index is 0.318. The third-order valence-corrected chi connectivity index (χ3v) is 1.79. The van der Waals surface area contributed by atoms with Crippen LogP contribution in [-0.4, -0.2) is 12.6 Å². The average molecular weight is 191 g/mol. The Hall–Kier alpha value is -0.500. The summed E-state index contributed by atoms with van der Waals surface area (Å²) in [5.41, 5.74) is 1.69. The molecule has 0 saturated carbocycles. The van der Waals surface area contributed by atoms with Crippen LogP contribution in [0.25, 0.3) is 0 Å². The Bertz CT molecular complexity index is 164. The van der Waals surface area contributed by atoms with Crippen molar-refractivity contribution in [1.82, 2.24) is 0 Å². The van der Waals surface area contributed by atoms with Crippen molar-refractivity contribution in [2.45, 2.75) is 33.1 Å². The van der Waals surface area contributed by atoms with Gasteiger partial charge in [-0.05, 0) is 13.3 Å². The van der Waals surface area contributed by atoms with E-state index in [9.17, 15) is 4.79 Å². The molecule has 0 aromatic carbocycles. The highest BCUT2D eigenvalue weighted by Crippen LogP contribution is 2.00. The van der Waals surface area contributed by atoms with Gasteiger partial charge in [0.2, 0.25) is 0 Å². The Balaban J connectivity index is 3.45. The highest BCUT2D eigenvalue weighted by molar-refractivity contribution is 6.27. The fraction of sp³-hybridized carbons (Fsp3) is 0.667. The zero-order valence-electron chi connectivity index (χ0n) is 7.60. The van der Waals surface area contributed by atoms with Gasteiger partial charge in [-0.3, -0.25) is 0 Å². The maximum Gasteiger partial charge on any atom is 0.334 e. The minimum Gasteiger partial charge on any atom is -0.462 e. The summed E-state index contributed by atoms with van der Waals surface area (Å²) in [7, 11) is 0. The van der Waals surface area contributed by atoms with Gasteiger partial charge in [-0.2, -0.15) is 0 Å². The van der Waals surface area contributed by atoms with Crippen molar-refractivity contribution >= 4 is 17.6 Å². The van der Waals surface area contributed by atoms with Crippen LogP contribution in [0.15, 0.2) is 11.1 Å². The van der Waals surface area contributed by atoms with Crippen molar-refractivity contribution in [3.8, 4) is 0 Å². The van der Waals surface area contributed by atoms with Crippen molar-refractivity contribution in [2.24, 2.45) is 0 Å². The second-order valence-electron chi connectivity index (χ2n) is 2.64. The minimum atomic E-state index is -0.318. The third-order valence-electron chi connectivity index (χ3n) is 1.47. The van der Waals surface area contributed by atoms with Gasteiger partial charge in [0, 0.05) is 11.1 Å². The summed E-state index contributed by atoms with van der Waals surface area (Å²) in [6, 6.07) is 0. The summed E-state index contributed by atoms with van der Waals surface area (Å²) in [6.45, 7) is 4.23. The predicted octanol–water partition coefficient (Wildman–Crippen LogP) is 2.86. The van der Waals surface area contributed by atoms with E-state index in [0.717, 1.165) is 19.3 Å². The molecule has 12 heavy (non-hydrogen) atoms. The Morgan fingerprint density at radius 1 is 1.50 bits per heavy atom. The molecule has 0 aliphatic carbocycles. The molecule has 0 rings (SSSR count). The first-order valence-electron chi connectivity index (χ1n) is 4.16. The summed E-state index contributed by atoms with van der Waals surface area (Å²) in [4.78, 5) is 11.0. The largest absolute Gasteiger partial charge is 0.462 e. The summed E-state index contributed by atoms with van der Waals surface area (Å²) in [5, 5.41) is 0. The van der Waals surface area contributed by atoms with Crippen LogP contribution in [0.1, 0.15) is 33.1 Å². The molecule has 0 bridgehead atoms. The van der Waals surface area contributed by atoms with Crippen LogP contribution in [-0.2, 0) is 9.53 Å². The van der Waals surface area contributed by atoms with E-state index in [1.165, 1.54) is 5.54 Å². The van der Waals surface area contributed by atoms with Crippen LogP contribution in [0.2, 0.25) is 0 Å². The van der Waals surface area contributed by atoms with E-state index in [1.54, 1.807) is 6.92 Å². The molecule has 0 aliphatic heterocycles. The molecule has 0 amide bonds. The second-order valence-corrected chi connectivity index (χ2v) is 2.85. The lowest BCUT2D eigenvalue weighted by Gasteiger charge is -2.02. The monoisotopic (exact) mass is 190 g/mol. The van der Waals surface area contributed by atoms with Crippen LogP contribution >= 0.6 is 11.6 Å². The SMILES string of the molecule is CCCCCOC(=O)/C(C)=C/Cl. The van der Waals surface area contributed by atoms with Crippen LogP contribution < -0.4 is 0 Å². The van der Waals surface area contributed by atoms with Crippen molar-refractivity contribution in [3.63, 3.8) is 0 Å². The summed E-state index contributed by atoms with van der Waals surface area (Å²) < 4.78 is 4.91. The molecule has 0 unspecified atom stereocenters. The maximum absolute atomic E-state index is 11.0. The lowest BCUT2D eigenvalue weighted by atomic mass is 10.3. The van der Waals surface area contributed by atoms with E-state index in [4.69, 9.17) is 16.3 Å². The third kappa shape index (κ3) is 5.19. The number of hydrogen-bond donors (Lipinski definition) is 0. The van der Waals surface area contributed by atoms with E-state index in [2.05, 4.69) is 6.92 Å². The topological polar surface area (TPSA) is 26.3 Å². The zero-order chi connectivity index (χ0) is 9.40. The van der Waals surface area contributed by atoms with Gasteiger partial charge in [-0.15, -0.1) is 0 Å². The van der Waals surface area contributed by atoms with Crippen LogP contribution in [0, 0.1) is 0 Å². The fourth-order valence-corrected chi connectivity index (χ4v) is 0.764. The number of carbonyl (C=O) groups is 1. The van der Waals surface area contributed by atoms with Crippen molar-refractivity contribution in [1.29, 1.82) is 0 Å². The number of rotatable bonds is 5. The van der Waals surface area contributed by atoms with Crippen LogP contribution in [0.4, 0.5) is 0 Å². The van der Waals surface area contributed by atoms with Gasteiger partial charge in [-0.25, -0.2) is 4.79 Å². The molecule has 0 atom stereocenters. The first kappa shape index (κ1) is 11.5. The van der Waals surface area contributed by atoms with E-state index >= 15 is 0 Å². The molecular formula is C9H15ClO2. The molecule has 0 aliphatic rings. The summed E-state index contributed by atoms with van der Waals surface area (Å²) >= 11 is 5.32. The lowest BCUT2D eigenvalue weighted by molar-refractivity contribution is -0.139. The quantitative estimate of drug-likeness (QED) is 0.379. The Morgan fingerprint density at radius 3 is 2.67 bits per heavy atom. The van der Waals surface area contributed by atoms with Gasteiger partial charge in [0.1, 0.15) is 0 Å². The Kier molecular flexibility index (Phi) is 6.87. The number of hydrogen-bond acceptors (Lipinski definition) is 2. The molecule has 2 nitrogen and oxygen atoms in total. The highest BCUT2D eigenvalue weighted by atomic mass is 35.5. The number of carbonyl (C=O) groups excluding carboxylic acids is 1. The first-order valence-corrected chi connectivity index (χ1v) is 4.60. The van der Waals surface area contributed by atoms with E-state index < -0.39 is 0 Å². The average Bonchev–Trinajstić information content (AvgIpc) is 2.10. The molecule has 0 heterocycles. The number of esters is 1. The van der Waals surface area contributed by atoms with Crippen molar-refractivity contribution in [3.05, 3.63) is 11.1 Å². The molecule has 0 spiro atoms. The summed E-state index contributed by atoms with van der Waals surface area (Å²) in [5.74, 6) is -0.318. The van der Waals surface area contributed by atoms with E-state index in [0.29, 0.717) is 12.2 Å². The van der Waals surface area contributed by atoms with Crippen LogP contribution in [0.5, 0.6) is 0 Å². The highest BCUT2D eigenvalue weighted by Gasteiger charge is 2.03. The van der Waals surface area contributed by atoms with Gasteiger partial charge in [0.25, 0.3) is 0 Å². The van der Waals surface area contributed by atoms with Gasteiger partial charge < -0.3 is 4.74 Å². The lowest BCUT2D eigenvalue weighted by Crippen LogP contribution is -2.06. The molecule has 3 heteroatoms. The van der Waals surface area contributed by atoms with Gasteiger partial charge >= 0.3 is 5.97 Å². The van der Waals surface area contributed by atoms with Crippen molar-refractivity contribution < 1.29 is 9.53 Å². The standard InChI is InChI=1S/C9H15ClO2/c1-3-4-5-6-12-9(11)8(2)7-10/h7H,3-6H2,1-2H3/b8-7+. The molecule has 0 N–H and O–H groups in total. The van der Waals surface area contributed by atoms with E-state index in [1.807, 2.05) is 0 Å². The molecule has 0 fully saturated rings. The van der Waals surface area contributed by atoms with Crippen molar-refractivity contribution in [2.75, 3.05) is 6.61 Å². The van der Waals surface area contributed by atoms with E-state index in [-0.39, 0.29) is 5.97 Å². The number of ether oxygens (including phenoxy) is 1. The Morgan fingerprint density at radius 2 is 2.17 bits per heavy atom. The zero-order valence-corrected chi connectivity index (χ0v) is 8.36. The Labute approximate surface area is 78.5 Å². The number of unbranched alkanes of at least 4 members (excludes halogenated alkanes) is 2. The molecule has 0 aromatic rings. The fourth-order valence-electron chi connectivity index (χ4n) is 0.675. The first-order chi connectivity index (χ1) is 5.72. The molecular weight excluding hydrogens is 176 g/mol. The molecule has 70 valence electrons.